The Labute approximate surface area is 114 Å². The maximum atomic E-state index is 6.06. The van der Waals surface area contributed by atoms with E-state index in [0.29, 0.717) is 0 Å². The van der Waals surface area contributed by atoms with Crippen molar-refractivity contribution >= 4 is 0 Å². The second-order valence-electron chi connectivity index (χ2n) is 4.87. The predicted molar refractivity (Wildman–Crippen MR) is 79.3 cm³/mol. The van der Waals surface area contributed by atoms with Crippen molar-refractivity contribution in [3.8, 4) is 0 Å². The quantitative estimate of drug-likeness (QED) is 0.568. The molecule has 0 fully saturated rings. The highest BCUT2D eigenvalue weighted by molar-refractivity contribution is 5.23. The Morgan fingerprint density at radius 2 is 1.42 bits per heavy atom. The van der Waals surface area contributed by atoms with Gasteiger partial charge in [0.05, 0.1) is 6.17 Å². The lowest BCUT2D eigenvalue weighted by Crippen LogP contribution is -2.39. The Balaban J connectivity index is 1.82. The zero-order chi connectivity index (χ0) is 13.7. The van der Waals surface area contributed by atoms with Crippen LogP contribution in [0.4, 0.5) is 0 Å². The van der Waals surface area contributed by atoms with Crippen molar-refractivity contribution in [3.63, 3.8) is 0 Å². The van der Waals surface area contributed by atoms with Crippen LogP contribution >= 0.6 is 0 Å². The van der Waals surface area contributed by atoms with Gasteiger partial charge in [0.25, 0.3) is 0 Å². The molecule has 0 saturated carbocycles. The summed E-state index contributed by atoms with van der Waals surface area (Å²) in [6, 6.07) is 16.7. The maximum Gasteiger partial charge on any atom is 0.0938 e. The van der Waals surface area contributed by atoms with Crippen LogP contribution in [0.1, 0.15) is 28.4 Å². The Kier molecular flexibility index (Phi) is 4.68. The molecule has 2 aromatic rings. The van der Waals surface area contributed by atoms with Gasteiger partial charge in [-0.25, -0.2) is 5.43 Å². The van der Waals surface area contributed by atoms with Crippen molar-refractivity contribution < 1.29 is 0 Å². The smallest absolute Gasteiger partial charge is 0.0938 e. The van der Waals surface area contributed by atoms with Crippen molar-refractivity contribution in [2.24, 2.45) is 5.73 Å². The average Bonchev–Trinajstić information content (AvgIpc) is 2.41. The highest BCUT2D eigenvalue weighted by atomic mass is 15.4. The lowest BCUT2D eigenvalue weighted by Gasteiger charge is -2.15. The SMILES string of the molecule is Cc1ccc(CNNC(N)c2ccc(C)cc2)cc1. The molecular formula is C16H21N3. The van der Waals surface area contributed by atoms with Gasteiger partial charge in [0.15, 0.2) is 0 Å². The minimum atomic E-state index is -0.203. The fraction of sp³-hybridized carbons (Fsp3) is 0.250. The van der Waals surface area contributed by atoms with E-state index in [1.165, 1.54) is 16.7 Å². The lowest BCUT2D eigenvalue weighted by molar-refractivity contribution is 0.446. The number of benzene rings is 2. The molecule has 19 heavy (non-hydrogen) atoms. The molecule has 0 radical (unpaired) electrons. The predicted octanol–water partition coefficient (Wildman–Crippen LogP) is 2.56. The first-order chi connectivity index (χ1) is 9.15. The summed E-state index contributed by atoms with van der Waals surface area (Å²) in [5, 5.41) is 0. The molecule has 4 N–H and O–H groups in total. The number of rotatable bonds is 5. The van der Waals surface area contributed by atoms with Crippen LogP contribution in [-0.2, 0) is 6.54 Å². The maximum absolute atomic E-state index is 6.06. The van der Waals surface area contributed by atoms with Crippen LogP contribution in [0.5, 0.6) is 0 Å². The molecule has 3 nitrogen and oxygen atoms in total. The topological polar surface area (TPSA) is 50.1 Å². The molecule has 1 atom stereocenters. The highest BCUT2D eigenvalue weighted by Crippen LogP contribution is 2.08. The summed E-state index contributed by atoms with van der Waals surface area (Å²) in [5.74, 6) is 0. The van der Waals surface area contributed by atoms with E-state index in [1.54, 1.807) is 0 Å². The van der Waals surface area contributed by atoms with Gasteiger partial charge >= 0.3 is 0 Å². The van der Waals surface area contributed by atoms with Gasteiger partial charge in [-0.15, -0.1) is 0 Å². The Hall–Kier alpha value is -1.68. The molecule has 0 aliphatic rings. The standard InChI is InChI=1S/C16H21N3/c1-12-3-7-14(8-4-12)11-18-19-16(17)15-9-5-13(2)6-10-15/h3-10,16,18-19H,11,17H2,1-2H3. The van der Waals surface area contributed by atoms with Gasteiger partial charge in [0.2, 0.25) is 0 Å². The second kappa shape index (κ2) is 6.48. The number of aryl methyl sites for hydroxylation is 2. The molecule has 0 saturated heterocycles. The zero-order valence-corrected chi connectivity index (χ0v) is 11.5. The first-order valence-corrected chi connectivity index (χ1v) is 6.51. The Morgan fingerprint density at radius 1 is 0.895 bits per heavy atom. The van der Waals surface area contributed by atoms with E-state index < -0.39 is 0 Å². The summed E-state index contributed by atoms with van der Waals surface area (Å²) in [5.41, 5.74) is 17.1. The largest absolute Gasteiger partial charge is 0.311 e. The number of nitrogens with one attached hydrogen (secondary N) is 2. The van der Waals surface area contributed by atoms with E-state index in [1.807, 2.05) is 12.1 Å². The summed E-state index contributed by atoms with van der Waals surface area (Å²) in [7, 11) is 0. The van der Waals surface area contributed by atoms with Gasteiger partial charge in [0.1, 0.15) is 0 Å². The summed E-state index contributed by atoms with van der Waals surface area (Å²) >= 11 is 0. The van der Waals surface area contributed by atoms with Crippen LogP contribution in [-0.4, -0.2) is 0 Å². The van der Waals surface area contributed by atoms with Gasteiger partial charge in [0, 0.05) is 6.54 Å². The summed E-state index contributed by atoms with van der Waals surface area (Å²) < 4.78 is 0. The van der Waals surface area contributed by atoms with Crippen LogP contribution in [0.2, 0.25) is 0 Å². The van der Waals surface area contributed by atoms with Crippen LogP contribution in [0.15, 0.2) is 48.5 Å². The van der Waals surface area contributed by atoms with Crippen molar-refractivity contribution in [1.82, 2.24) is 10.9 Å². The number of hydrazine groups is 1. The molecule has 0 aromatic heterocycles. The third-order valence-corrected chi connectivity index (χ3v) is 3.11. The molecular weight excluding hydrogens is 234 g/mol. The van der Waals surface area contributed by atoms with Crippen molar-refractivity contribution in [3.05, 3.63) is 70.8 Å². The normalized spacial score (nSPS) is 12.4. The van der Waals surface area contributed by atoms with Crippen LogP contribution in [0, 0.1) is 13.8 Å². The molecule has 100 valence electrons. The van der Waals surface area contributed by atoms with Gasteiger partial charge in [-0.2, -0.15) is 0 Å². The van der Waals surface area contributed by atoms with E-state index in [2.05, 4.69) is 61.1 Å². The molecule has 0 aliphatic heterocycles. The van der Waals surface area contributed by atoms with Gasteiger partial charge in [-0.05, 0) is 25.0 Å². The van der Waals surface area contributed by atoms with Crippen molar-refractivity contribution in [2.45, 2.75) is 26.6 Å². The second-order valence-corrected chi connectivity index (χ2v) is 4.87. The molecule has 2 aromatic carbocycles. The summed E-state index contributed by atoms with van der Waals surface area (Å²) in [4.78, 5) is 0. The van der Waals surface area contributed by atoms with Crippen molar-refractivity contribution in [1.29, 1.82) is 0 Å². The third-order valence-electron chi connectivity index (χ3n) is 3.11. The fourth-order valence-corrected chi connectivity index (χ4v) is 1.83. The van der Waals surface area contributed by atoms with E-state index in [4.69, 9.17) is 5.73 Å². The van der Waals surface area contributed by atoms with Gasteiger partial charge < -0.3 is 5.73 Å². The molecule has 0 amide bonds. The van der Waals surface area contributed by atoms with Gasteiger partial charge in [-0.1, -0.05) is 59.7 Å². The van der Waals surface area contributed by atoms with E-state index in [9.17, 15) is 0 Å². The number of hydrogen-bond acceptors (Lipinski definition) is 3. The van der Waals surface area contributed by atoms with Crippen LogP contribution < -0.4 is 16.6 Å². The minimum Gasteiger partial charge on any atom is -0.311 e. The third kappa shape index (κ3) is 4.17. The monoisotopic (exact) mass is 255 g/mol. The van der Waals surface area contributed by atoms with E-state index in [0.717, 1.165) is 12.1 Å². The molecule has 0 heterocycles. The van der Waals surface area contributed by atoms with Crippen LogP contribution in [0.25, 0.3) is 0 Å². The van der Waals surface area contributed by atoms with E-state index in [-0.39, 0.29) is 6.17 Å². The Morgan fingerprint density at radius 3 is 2.00 bits per heavy atom. The van der Waals surface area contributed by atoms with E-state index >= 15 is 0 Å². The first-order valence-electron chi connectivity index (χ1n) is 6.51. The van der Waals surface area contributed by atoms with Crippen molar-refractivity contribution in [2.75, 3.05) is 0 Å². The molecule has 0 spiro atoms. The summed E-state index contributed by atoms with van der Waals surface area (Å²) in [6.45, 7) is 4.90. The first kappa shape index (κ1) is 13.7. The molecule has 1 unspecified atom stereocenters. The lowest BCUT2D eigenvalue weighted by atomic mass is 10.1. The van der Waals surface area contributed by atoms with Crippen LogP contribution in [0.3, 0.4) is 0 Å². The average molecular weight is 255 g/mol. The summed E-state index contributed by atoms with van der Waals surface area (Å²) in [6.07, 6.45) is -0.203. The minimum absolute atomic E-state index is 0.203. The fourth-order valence-electron chi connectivity index (χ4n) is 1.83. The Bertz CT molecular complexity index is 503. The molecule has 3 heteroatoms. The van der Waals surface area contributed by atoms with Gasteiger partial charge in [-0.3, -0.25) is 5.43 Å². The zero-order valence-electron chi connectivity index (χ0n) is 11.5. The molecule has 0 aliphatic carbocycles. The highest BCUT2D eigenvalue weighted by Gasteiger charge is 2.03. The molecule has 2 rings (SSSR count). The molecule has 0 bridgehead atoms. The number of hydrogen-bond donors (Lipinski definition) is 3. The number of nitrogens with two attached hydrogens (primary N) is 1.